The van der Waals surface area contributed by atoms with Crippen LogP contribution < -0.4 is 34.9 Å². The van der Waals surface area contributed by atoms with Gasteiger partial charge in [0.1, 0.15) is 17.3 Å². The van der Waals surface area contributed by atoms with E-state index in [0.29, 0.717) is 35.4 Å². The fourth-order valence-corrected chi connectivity index (χ4v) is 7.35. The van der Waals surface area contributed by atoms with Crippen LogP contribution in [0.2, 0.25) is 0 Å². The zero-order chi connectivity index (χ0) is 38.2. The van der Waals surface area contributed by atoms with E-state index in [2.05, 4.69) is 43.6 Å². The average Bonchev–Trinajstić information content (AvgIpc) is 3.91. The quantitative estimate of drug-likeness (QED) is 0.135. The van der Waals surface area contributed by atoms with E-state index in [1.807, 2.05) is 48.5 Å². The molecule has 11 nitrogen and oxygen atoms in total. The minimum Gasteiger partial charge on any atom is -0.496 e. The summed E-state index contributed by atoms with van der Waals surface area (Å²) in [5.41, 5.74) is 3.32. The molecule has 0 unspecified atom stereocenters. The molecule has 55 heavy (non-hydrogen) atoms. The molecule has 0 bridgehead atoms. The largest absolute Gasteiger partial charge is 0.496 e. The SMILES string of the molecule is COc1ccc(-n2nnnc2C(F)(F)F)cc1CN[C@H]1CCCN[C@H]1c1ccccc1.Fc1ccc([C@@H]2CCNC[C@H]2COc2ccc3c(c2)OCO3)cc1. The lowest BCUT2D eigenvalue weighted by molar-refractivity contribution is -0.146. The number of aromatic nitrogens is 4. The third-order valence-corrected chi connectivity index (χ3v) is 10.1. The van der Waals surface area contributed by atoms with Gasteiger partial charge in [-0.15, -0.1) is 5.10 Å². The van der Waals surface area contributed by atoms with Crippen LogP contribution in [0.15, 0.2) is 91.0 Å². The Kier molecular flexibility index (Phi) is 12.1. The number of fused-ring (bicyclic) bond motifs is 1. The number of hydrogen-bond acceptors (Lipinski definition) is 10. The molecule has 8 rings (SSSR count). The van der Waals surface area contributed by atoms with Crippen molar-refractivity contribution in [2.45, 2.75) is 50.0 Å². The molecular formula is C40H43F4N7O4. The summed E-state index contributed by atoms with van der Waals surface area (Å²) < 4.78 is 75.6. The molecule has 0 spiro atoms. The molecule has 0 radical (unpaired) electrons. The van der Waals surface area contributed by atoms with Crippen LogP contribution in [0.1, 0.15) is 53.7 Å². The fraction of sp³-hybridized carbons (Fsp3) is 0.375. The van der Waals surface area contributed by atoms with E-state index in [1.165, 1.54) is 36.4 Å². The van der Waals surface area contributed by atoms with Crippen LogP contribution in [-0.2, 0) is 12.7 Å². The Morgan fingerprint density at radius 1 is 0.909 bits per heavy atom. The van der Waals surface area contributed by atoms with Crippen LogP contribution in [0.25, 0.3) is 5.69 Å². The Morgan fingerprint density at radius 3 is 2.53 bits per heavy atom. The van der Waals surface area contributed by atoms with Crippen molar-refractivity contribution in [3.05, 3.63) is 119 Å². The number of halogens is 4. The zero-order valence-electron chi connectivity index (χ0n) is 30.3. The molecular weight excluding hydrogens is 718 g/mol. The van der Waals surface area contributed by atoms with E-state index in [1.54, 1.807) is 12.1 Å². The zero-order valence-corrected chi connectivity index (χ0v) is 30.3. The molecule has 0 amide bonds. The predicted molar refractivity (Wildman–Crippen MR) is 196 cm³/mol. The first-order chi connectivity index (χ1) is 26.8. The maximum Gasteiger partial charge on any atom is 0.453 e. The molecule has 15 heteroatoms. The highest BCUT2D eigenvalue weighted by Gasteiger charge is 2.38. The molecule has 4 aromatic carbocycles. The molecule has 290 valence electrons. The van der Waals surface area contributed by atoms with E-state index >= 15 is 0 Å². The summed E-state index contributed by atoms with van der Waals surface area (Å²) in [6.07, 6.45) is -1.60. The summed E-state index contributed by atoms with van der Waals surface area (Å²) in [5, 5.41) is 20.4. The van der Waals surface area contributed by atoms with Gasteiger partial charge in [-0.1, -0.05) is 42.5 Å². The number of alkyl halides is 3. The summed E-state index contributed by atoms with van der Waals surface area (Å²) in [6, 6.07) is 27.7. The lowest BCUT2D eigenvalue weighted by Crippen LogP contribution is -2.45. The third-order valence-electron chi connectivity index (χ3n) is 10.1. The van der Waals surface area contributed by atoms with Gasteiger partial charge in [0.15, 0.2) is 11.5 Å². The number of hydrogen-bond donors (Lipinski definition) is 3. The summed E-state index contributed by atoms with van der Waals surface area (Å²) in [4.78, 5) is 0. The van der Waals surface area contributed by atoms with E-state index < -0.39 is 12.0 Å². The van der Waals surface area contributed by atoms with Crippen molar-refractivity contribution < 1.29 is 36.5 Å². The summed E-state index contributed by atoms with van der Waals surface area (Å²) in [7, 11) is 1.53. The van der Waals surface area contributed by atoms with Crippen molar-refractivity contribution in [1.82, 2.24) is 36.2 Å². The van der Waals surface area contributed by atoms with Crippen LogP contribution in [0.3, 0.4) is 0 Å². The fourth-order valence-electron chi connectivity index (χ4n) is 7.35. The van der Waals surface area contributed by atoms with E-state index in [-0.39, 0.29) is 30.4 Å². The molecule has 3 aliphatic rings. The molecule has 2 saturated heterocycles. The van der Waals surface area contributed by atoms with Crippen molar-refractivity contribution in [3.8, 4) is 28.7 Å². The highest BCUT2D eigenvalue weighted by molar-refractivity contribution is 5.47. The van der Waals surface area contributed by atoms with Crippen molar-refractivity contribution in [2.75, 3.05) is 40.1 Å². The maximum atomic E-state index is 13.2. The first kappa shape index (κ1) is 38.0. The highest BCUT2D eigenvalue weighted by Crippen LogP contribution is 2.37. The number of piperidine rings is 2. The van der Waals surface area contributed by atoms with E-state index in [4.69, 9.17) is 18.9 Å². The van der Waals surface area contributed by atoms with Gasteiger partial charge in [0, 0.05) is 42.7 Å². The summed E-state index contributed by atoms with van der Waals surface area (Å²) in [5.74, 6) is 2.20. The Balaban J connectivity index is 0.000000174. The molecule has 0 aliphatic carbocycles. The second kappa shape index (κ2) is 17.5. The van der Waals surface area contributed by atoms with Gasteiger partial charge in [-0.05, 0) is 102 Å². The van der Waals surface area contributed by atoms with Gasteiger partial charge < -0.3 is 34.9 Å². The standard InChI is InChI=1S/C21H23F3N6O.C19H20FNO3/c1-31-18-10-9-16(30-20(21(22,23)24)27-28-29-30)12-15(18)13-26-17-8-5-11-25-19(17)14-6-3-2-4-7-14;20-15-3-1-13(2-4-15)17-7-8-21-10-14(17)11-22-16-5-6-18-19(9-16)24-12-23-18/h2-4,6-7,9-10,12,17,19,25-26H,5,8,11,13H2,1H3;1-6,9,14,17,21H,7-8,10-12H2/t17-,19-;14-,17-/m00/s1. The number of ether oxygens (including phenoxy) is 4. The van der Waals surface area contributed by atoms with E-state index in [9.17, 15) is 17.6 Å². The molecule has 1 aromatic heterocycles. The van der Waals surface area contributed by atoms with Crippen LogP contribution in [0, 0.1) is 11.7 Å². The van der Waals surface area contributed by atoms with Gasteiger partial charge in [0.2, 0.25) is 6.79 Å². The smallest absolute Gasteiger partial charge is 0.453 e. The Bertz CT molecular complexity index is 2000. The number of tetrazole rings is 1. The second-order valence-electron chi connectivity index (χ2n) is 13.6. The predicted octanol–water partition coefficient (Wildman–Crippen LogP) is 6.60. The lowest BCUT2D eigenvalue weighted by atomic mass is 9.81. The Labute approximate surface area is 316 Å². The number of rotatable bonds is 10. The first-order valence-corrected chi connectivity index (χ1v) is 18.3. The number of nitrogens with one attached hydrogen (secondary N) is 3. The second-order valence-corrected chi connectivity index (χ2v) is 13.6. The van der Waals surface area contributed by atoms with Crippen LogP contribution in [0.4, 0.5) is 17.6 Å². The third kappa shape index (κ3) is 9.35. The number of nitrogens with zero attached hydrogens (tertiary/aromatic N) is 4. The van der Waals surface area contributed by atoms with Crippen molar-refractivity contribution in [1.29, 1.82) is 0 Å². The molecule has 3 N–H and O–H groups in total. The topological polar surface area (TPSA) is 117 Å². The van der Waals surface area contributed by atoms with Crippen LogP contribution in [0.5, 0.6) is 23.0 Å². The van der Waals surface area contributed by atoms with Crippen LogP contribution in [-0.4, -0.2) is 66.4 Å². The normalized spacial score (nSPS) is 20.7. The van der Waals surface area contributed by atoms with Gasteiger partial charge >= 0.3 is 6.18 Å². The molecule has 0 saturated carbocycles. The maximum absolute atomic E-state index is 13.2. The minimum absolute atomic E-state index is 0.153. The average molecular weight is 762 g/mol. The molecule has 5 aromatic rings. The molecule has 3 aliphatic heterocycles. The van der Waals surface area contributed by atoms with Gasteiger partial charge in [-0.3, -0.25) is 0 Å². The molecule has 4 atom stereocenters. The van der Waals surface area contributed by atoms with Crippen molar-refractivity contribution in [2.24, 2.45) is 5.92 Å². The molecule has 2 fully saturated rings. The van der Waals surface area contributed by atoms with Crippen molar-refractivity contribution in [3.63, 3.8) is 0 Å². The number of benzene rings is 4. The minimum atomic E-state index is -4.65. The lowest BCUT2D eigenvalue weighted by Gasteiger charge is -2.34. The Hall–Kier alpha value is -5.25. The first-order valence-electron chi connectivity index (χ1n) is 18.3. The highest BCUT2D eigenvalue weighted by atomic mass is 19.4. The molecule has 4 heterocycles. The van der Waals surface area contributed by atoms with Crippen LogP contribution >= 0.6 is 0 Å². The number of methoxy groups -OCH3 is 1. The monoisotopic (exact) mass is 761 g/mol. The van der Waals surface area contributed by atoms with E-state index in [0.717, 1.165) is 61.7 Å². The Morgan fingerprint density at radius 2 is 1.73 bits per heavy atom. The van der Waals surface area contributed by atoms with Crippen molar-refractivity contribution >= 4 is 0 Å². The van der Waals surface area contributed by atoms with Gasteiger partial charge in [-0.25, -0.2) is 4.39 Å². The summed E-state index contributed by atoms with van der Waals surface area (Å²) >= 11 is 0. The van der Waals surface area contributed by atoms with Gasteiger partial charge in [-0.2, -0.15) is 17.9 Å². The summed E-state index contributed by atoms with van der Waals surface area (Å²) in [6.45, 7) is 4.11. The van der Waals surface area contributed by atoms with Gasteiger partial charge in [0.05, 0.1) is 19.4 Å². The van der Waals surface area contributed by atoms with Gasteiger partial charge in [0.25, 0.3) is 5.82 Å².